The fraction of sp³-hybridized carbons (Fsp3) is 0.0833. The van der Waals surface area contributed by atoms with Gasteiger partial charge in [-0.2, -0.15) is 0 Å². The van der Waals surface area contributed by atoms with Crippen LogP contribution in [0, 0.1) is 0 Å². The highest BCUT2D eigenvalue weighted by atomic mass is 16.5. The van der Waals surface area contributed by atoms with E-state index >= 15 is 0 Å². The quantitative estimate of drug-likeness (QED) is 0.509. The number of carbonyl (C=O) groups is 4. The summed E-state index contributed by atoms with van der Waals surface area (Å²) in [5.74, 6) is -1.94. The van der Waals surface area contributed by atoms with Crippen LogP contribution in [0.4, 0.5) is 5.69 Å². The lowest BCUT2D eigenvalue weighted by Gasteiger charge is -2.13. The molecule has 0 atom stereocenters. The molecule has 3 aromatic rings. The fourth-order valence-corrected chi connectivity index (χ4v) is 3.42. The number of fused-ring (bicyclic) bond motifs is 1. The van der Waals surface area contributed by atoms with Crippen LogP contribution in [0.2, 0.25) is 0 Å². The van der Waals surface area contributed by atoms with Crippen LogP contribution < -0.4 is 5.32 Å². The number of para-hydroxylation sites is 1. The maximum Gasteiger partial charge on any atom is 0.339 e. The summed E-state index contributed by atoms with van der Waals surface area (Å²) >= 11 is 0. The predicted octanol–water partition coefficient (Wildman–Crippen LogP) is 3.52. The van der Waals surface area contributed by atoms with Crippen molar-refractivity contribution in [3.63, 3.8) is 0 Å². The van der Waals surface area contributed by atoms with Crippen molar-refractivity contribution in [3.05, 3.63) is 101 Å². The summed E-state index contributed by atoms with van der Waals surface area (Å²) in [5, 5.41) is 2.66. The molecular weight excluding hydrogens is 396 g/mol. The molecule has 0 bridgehead atoms. The lowest BCUT2D eigenvalue weighted by molar-refractivity contribution is 0.0599. The van der Waals surface area contributed by atoms with Crippen molar-refractivity contribution in [3.8, 4) is 0 Å². The van der Waals surface area contributed by atoms with Crippen molar-refractivity contribution in [1.29, 1.82) is 0 Å². The number of nitrogens with zero attached hydrogens (tertiary/aromatic N) is 1. The van der Waals surface area contributed by atoms with Gasteiger partial charge in [-0.1, -0.05) is 42.5 Å². The number of imide groups is 1. The van der Waals surface area contributed by atoms with Gasteiger partial charge in [0.2, 0.25) is 0 Å². The topological polar surface area (TPSA) is 92.8 Å². The van der Waals surface area contributed by atoms with E-state index in [9.17, 15) is 19.2 Å². The zero-order valence-electron chi connectivity index (χ0n) is 16.6. The zero-order chi connectivity index (χ0) is 22.0. The zero-order valence-corrected chi connectivity index (χ0v) is 16.6. The van der Waals surface area contributed by atoms with E-state index < -0.39 is 23.7 Å². The van der Waals surface area contributed by atoms with Crippen LogP contribution in [0.1, 0.15) is 47.0 Å². The van der Waals surface area contributed by atoms with Crippen LogP contribution in [-0.2, 0) is 11.3 Å². The molecule has 1 heterocycles. The van der Waals surface area contributed by atoms with Crippen LogP contribution in [0.3, 0.4) is 0 Å². The number of carbonyl (C=O) groups excluding carboxylic acids is 4. The molecule has 31 heavy (non-hydrogen) atoms. The molecule has 0 fully saturated rings. The Morgan fingerprint density at radius 3 is 2.29 bits per heavy atom. The molecule has 154 valence electrons. The summed E-state index contributed by atoms with van der Waals surface area (Å²) < 4.78 is 4.73. The number of hydrogen-bond donors (Lipinski definition) is 1. The molecule has 0 aromatic heterocycles. The van der Waals surface area contributed by atoms with Crippen molar-refractivity contribution in [2.75, 3.05) is 12.4 Å². The average molecular weight is 414 g/mol. The van der Waals surface area contributed by atoms with Gasteiger partial charge in [0.1, 0.15) is 0 Å². The molecule has 3 aromatic carbocycles. The summed E-state index contributed by atoms with van der Waals surface area (Å²) in [6, 6.07) is 20.0. The standard InChI is InChI=1S/C24H18N2O5/c1-31-24(30)18-9-5-6-10-20(18)25-21(27)16-11-12-17-19(13-16)23(29)26(22(17)28)14-15-7-3-2-4-8-15/h2-13H,14H2,1H3,(H,25,27). The minimum Gasteiger partial charge on any atom is -0.465 e. The van der Waals surface area contributed by atoms with Gasteiger partial charge in [-0.25, -0.2) is 4.79 Å². The van der Waals surface area contributed by atoms with Crippen molar-refractivity contribution in [2.45, 2.75) is 6.54 Å². The van der Waals surface area contributed by atoms with Gasteiger partial charge in [-0.05, 0) is 35.9 Å². The van der Waals surface area contributed by atoms with Gasteiger partial charge in [0.25, 0.3) is 17.7 Å². The second-order valence-electron chi connectivity index (χ2n) is 6.93. The first-order chi connectivity index (χ1) is 15.0. The SMILES string of the molecule is COC(=O)c1ccccc1NC(=O)c1ccc2c(c1)C(=O)N(Cc1ccccc1)C2=O. The van der Waals surface area contributed by atoms with E-state index in [1.54, 1.807) is 18.2 Å². The maximum absolute atomic E-state index is 12.8. The number of rotatable bonds is 5. The first-order valence-electron chi connectivity index (χ1n) is 9.52. The van der Waals surface area contributed by atoms with Crippen LogP contribution in [0.25, 0.3) is 0 Å². The Kier molecular flexibility index (Phi) is 5.32. The van der Waals surface area contributed by atoms with Crippen LogP contribution in [-0.4, -0.2) is 35.7 Å². The summed E-state index contributed by atoms with van der Waals surface area (Å²) in [6.45, 7) is 0.154. The molecule has 3 amide bonds. The molecule has 1 N–H and O–H groups in total. The Bertz CT molecular complexity index is 1200. The molecule has 1 aliphatic heterocycles. The minimum atomic E-state index is -0.581. The Hall–Kier alpha value is -4.26. The van der Waals surface area contributed by atoms with Gasteiger partial charge in [0.05, 0.1) is 36.0 Å². The number of ether oxygens (including phenoxy) is 1. The van der Waals surface area contributed by atoms with E-state index in [0.717, 1.165) is 10.5 Å². The highest BCUT2D eigenvalue weighted by Crippen LogP contribution is 2.26. The van der Waals surface area contributed by atoms with Crippen molar-refractivity contribution < 1.29 is 23.9 Å². The molecule has 0 aliphatic carbocycles. The molecule has 1 aliphatic rings. The fourth-order valence-electron chi connectivity index (χ4n) is 3.42. The second-order valence-corrected chi connectivity index (χ2v) is 6.93. The van der Waals surface area contributed by atoms with Gasteiger partial charge in [0.15, 0.2) is 0 Å². The van der Waals surface area contributed by atoms with Gasteiger partial charge < -0.3 is 10.1 Å². The molecule has 0 spiro atoms. The first-order valence-corrected chi connectivity index (χ1v) is 9.52. The van der Waals surface area contributed by atoms with Crippen molar-refractivity contribution in [2.24, 2.45) is 0 Å². The van der Waals surface area contributed by atoms with Crippen molar-refractivity contribution >= 4 is 29.4 Å². The summed E-state index contributed by atoms with van der Waals surface area (Å²) in [5.41, 5.74) is 1.95. The van der Waals surface area contributed by atoms with E-state index in [0.29, 0.717) is 0 Å². The molecule has 7 nitrogen and oxygen atoms in total. The van der Waals surface area contributed by atoms with E-state index in [-0.39, 0.29) is 34.5 Å². The minimum absolute atomic E-state index is 0.154. The molecule has 0 unspecified atom stereocenters. The molecule has 4 rings (SSSR count). The lowest BCUT2D eigenvalue weighted by Crippen LogP contribution is -2.29. The van der Waals surface area contributed by atoms with Gasteiger partial charge in [0, 0.05) is 5.56 Å². The number of methoxy groups -OCH3 is 1. The monoisotopic (exact) mass is 414 g/mol. The van der Waals surface area contributed by atoms with E-state index in [2.05, 4.69) is 5.32 Å². The van der Waals surface area contributed by atoms with Gasteiger partial charge in [-0.3, -0.25) is 19.3 Å². The smallest absolute Gasteiger partial charge is 0.339 e. The highest BCUT2D eigenvalue weighted by Gasteiger charge is 2.36. The normalized spacial score (nSPS) is 12.5. The number of benzene rings is 3. The Morgan fingerprint density at radius 1 is 0.871 bits per heavy atom. The number of amides is 3. The Balaban J connectivity index is 1.58. The highest BCUT2D eigenvalue weighted by molar-refractivity contribution is 6.22. The summed E-state index contributed by atoms with van der Waals surface area (Å²) in [6.07, 6.45) is 0. The number of esters is 1. The van der Waals surface area contributed by atoms with Crippen LogP contribution in [0.5, 0.6) is 0 Å². The number of hydrogen-bond acceptors (Lipinski definition) is 5. The number of anilines is 1. The Labute approximate surface area is 178 Å². The molecule has 0 saturated carbocycles. The van der Waals surface area contributed by atoms with E-state index in [1.165, 1.54) is 31.4 Å². The average Bonchev–Trinajstić information content (AvgIpc) is 3.04. The maximum atomic E-state index is 12.8. The number of nitrogens with one attached hydrogen (secondary N) is 1. The Morgan fingerprint density at radius 2 is 1.55 bits per heavy atom. The predicted molar refractivity (Wildman–Crippen MR) is 113 cm³/mol. The third-order valence-electron chi connectivity index (χ3n) is 5.00. The van der Waals surface area contributed by atoms with Crippen LogP contribution in [0.15, 0.2) is 72.8 Å². The van der Waals surface area contributed by atoms with E-state index in [4.69, 9.17) is 4.74 Å². The third-order valence-corrected chi connectivity index (χ3v) is 5.00. The summed E-state index contributed by atoms with van der Waals surface area (Å²) in [7, 11) is 1.26. The first kappa shape index (κ1) is 20.0. The van der Waals surface area contributed by atoms with Gasteiger partial charge >= 0.3 is 5.97 Å². The van der Waals surface area contributed by atoms with Gasteiger partial charge in [-0.15, -0.1) is 0 Å². The van der Waals surface area contributed by atoms with E-state index in [1.807, 2.05) is 30.3 Å². The largest absolute Gasteiger partial charge is 0.465 e. The molecule has 0 saturated heterocycles. The third kappa shape index (κ3) is 3.81. The van der Waals surface area contributed by atoms with Crippen molar-refractivity contribution in [1.82, 2.24) is 4.90 Å². The lowest BCUT2D eigenvalue weighted by atomic mass is 10.0. The second kappa shape index (κ2) is 8.23. The molecule has 7 heteroatoms. The summed E-state index contributed by atoms with van der Waals surface area (Å²) in [4.78, 5) is 51.4. The molecule has 0 radical (unpaired) electrons. The van der Waals surface area contributed by atoms with Crippen LogP contribution >= 0.6 is 0 Å². The molecular formula is C24H18N2O5.